The van der Waals surface area contributed by atoms with Crippen molar-refractivity contribution < 1.29 is 19.2 Å². The molecule has 2 aliphatic rings. The number of nitrogens with zero attached hydrogens (tertiary/aromatic N) is 2. The van der Waals surface area contributed by atoms with Crippen LogP contribution < -0.4 is 5.48 Å². The standard InChI is InChI=1S/C17H21N3O4/c21-15(18-24-12-11-19-8-3-4-9-19)7-10-20-16(22)13-5-1-2-6-14(13)17(20)23/h1-2,5-6H,3-4,7-12H2,(H,18,21). The second-order valence-electron chi connectivity index (χ2n) is 5.98. The fourth-order valence-corrected chi connectivity index (χ4v) is 3.02. The average molecular weight is 331 g/mol. The predicted octanol–water partition coefficient (Wildman–Crippen LogP) is 0.816. The highest BCUT2D eigenvalue weighted by Gasteiger charge is 2.34. The lowest BCUT2D eigenvalue weighted by atomic mass is 10.1. The summed E-state index contributed by atoms with van der Waals surface area (Å²) < 4.78 is 0. The van der Waals surface area contributed by atoms with Crippen LogP contribution in [-0.2, 0) is 9.63 Å². The Bertz CT molecular complexity index is 605. The van der Waals surface area contributed by atoms with Crippen molar-refractivity contribution >= 4 is 17.7 Å². The molecule has 1 aromatic rings. The van der Waals surface area contributed by atoms with Gasteiger partial charge in [0.25, 0.3) is 11.8 Å². The molecule has 2 aliphatic heterocycles. The van der Waals surface area contributed by atoms with E-state index in [0.29, 0.717) is 17.7 Å². The number of hydrogen-bond donors (Lipinski definition) is 1. The van der Waals surface area contributed by atoms with Gasteiger partial charge in [-0.05, 0) is 38.1 Å². The molecule has 7 heteroatoms. The molecule has 2 heterocycles. The Morgan fingerprint density at radius 2 is 1.67 bits per heavy atom. The van der Waals surface area contributed by atoms with Crippen molar-refractivity contribution in [2.75, 3.05) is 32.8 Å². The summed E-state index contributed by atoms with van der Waals surface area (Å²) >= 11 is 0. The zero-order chi connectivity index (χ0) is 16.9. The molecule has 128 valence electrons. The maximum absolute atomic E-state index is 12.2. The quantitative estimate of drug-likeness (QED) is 0.454. The molecule has 0 saturated carbocycles. The fraction of sp³-hybridized carbons (Fsp3) is 0.471. The molecule has 7 nitrogen and oxygen atoms in total. The van der Waals surface area contributed by atoms with Gasteiger partial charge in [-0.15, -0.1) is 0 Å². The van der Waals surface area contributed by atoms with Gasteiger partial charge in [0.2, 0.25) is 5.91 Å². The molecule has 0 bridgehead atoms. The van der Waals surface area contributed by atoms with Crippen molar-refractivity contribution in [3.8, 4) is 0 Å². The zero-order valence-corrected chi connectivity index (χ0v) is 13.5. The van der Waals surface area contributed by atoms with E-state index in [0.717, 1.165) is 24.5 Å². The number of carbonyl (C=O) groups excluding carboxylic acids is 3. The molecule has 3 amide bonds. The number of likely N-dealkylation sites (tertiary alicyclic amines) is 1. The molecule has 0 atom stereocenters. The number of carbonyl (C=O) groups is 3. The summed E-state index contributed by atoms with van der Waals surface area (Å²) in [5, 5.41) is 0. The minimum Gasteiger partial charge on any atom is -0.301 e. The van der Waals surface area contributed by atoms with E-state index in [9.17, 15) is 14.4 Å². The Balaban J connectivity index is 1.39. The summed E-state index contributed by atoms with van der Waals surface area (Å²) in [5.74, 6) is -1.04. The normalized spacial score (nSPS) is 17.4. The average Bonchev–Trinajstić information content (AvgIpc) is 3.19. The summed E-state index contributed by atoms with van der Waals surface area (Å²) in [7, 11) is 0. The first-order chi connectivity index (χ1) is 11.7. The van der Waals surface area contributed by atoms with Crippen molar-refractivity contribution in [3.05, 3.63) is 35.4 Å². The Labute approximate surface area is 140 Å². The Morgan fingerprint density at radius 1 is 1.04 bits per heavy atom. The third kappa shape index (κ3) is 3.63. The van der Waals surface area contributed by atoms with E-state index in [1.165, 1.54) is 12.8 Å². The van der Waals surface area contributed by atoms with Gasteiger partial charge in [0.1, 0.15) is 0 Å². The van der Waals surface area contributed by atoms with Gasteiger partial charge in [-0.2, -0.15) is 0 Å². The van der Waals surface area contributed by atoms with Crippen LogP contribution in [0.3, 0.4) is 0 Å². The van der Waals surface area contributed by atoms with Crippen LogP contribution in [0.5, 0.6) is 0 Å². The molecule has 1 aromatic carbocycles. The molecule has 0 aromatic heterocycles. The Hall–Kier alpha value is -2.25. The number of amides is 3. The smallest absolute Gasteiger partial charge is 0.261 e. The minimum absolute atomic E-state index is 0.0230. The fourth-order valence-electron chi connectivity index (χ4n) is 3.02. The highest BCUT2D eigenvalue weighted by Crippen LogP contribution is 2.22. The van der Waals surface area contributed by atoms with Gasteiger partial charge in [0.15, 0.2) is 0 Å². The number of fused-ring (bicyclic) bond motifs is 1. The third-order valence-electron chi connectivity index (χ3n) is 4.33. The number of imide groups is 1. The number of hydroxylamine groups is 1. The number of benzene rings is 1. The van der Waals surface area contributed by atoms with Gasteiger partial charge < -0.3 is 4.90 Å². The van der Waals surface area contributed by atoms with Gasteiger partial charge in [-0.1, -0.05) is 12.1 Å². The van der Waals surface area contributed by atoms with E-state index in [1.54, 1.807) is 24.3 Å². The predicted molar refractivity (Wildman–Crippen MR) is 86.2 cm³/mol. The van der Waals surface area contributed by atoms with Crippen LogP contribution in [0.1, 0.15) is 40.0 Å². The van der Waals surface area contributed by atoms with Crippen LogP contribution in [-0.4, -0.2) is 60.3 Å². The van der Waals surface area contributed by atoms with Crippen LogP contribution in [0, 0.1) is 0 Å². The molecule has 1 saturated heterocycles. The van der Waals surface area contributed by atoms with E-state index >= 15 is 0 Å². The van der Waals surface area contributed by atoms with Crippen molar-refractivity contribution in [2.24, 2.45) is 0 Å². The molecule has 0 aliphatic carbocycles. The largest absolute Gasteiger partial charge is 0.301 e. The first-order valence-corrected chi connectivity index (χ1v) is 8.25. The highest BCUT2D eigenvalue weighted by molar-refractivity contribution is 6.21. The topological polar surface area (TPSA) is 79.0 Å². The zero-order valence-electron chi connectivity index (χ0n) is 13.5. The van der Waals surface area contributed by atoms with E-state index in [4.69, 9.17) is 4.84 Å². The minimum atomic E-state index is -0.349. The van der Waals surface area contributed by atoms with Gasteiger partial charge in [-0.3, -0.25) is 24.1 Å². The van der Waals surface area contributed by atoms with E-state index in [1.807, 2.05) is 0 Å². The van der Waals surface area contributed by atoms with E-state index in [-0.39, 0.29) is 30.7 Å². The summed E-state index contributed by atoms with van der Waals surface area (Å²) in [6.07, 6.45) is 2.45. The van der Waals surface area contributed by atoms with Crippen LogP contribution >= 0.6 is 0 Å². The van der Waals surface area contributed by atoms with Crippen LogP contribution in [0.4, 0.5) is 0 Å². The van der Waals surface area contributed by atoms with Crippen molar-refractivity contribution in [2.45, 2.75) is 19.3 Å². The third-order valence-corrected chi connectivity index (χ3v) is 4.33. The molecule has 0 spiro atoms. The lowest BCUT2D eigenvalue weighted by molar-refractivity contribution is -0.133. The summed E-state index contributed by atoms with van der Waals surface area (Å²) in [5.41, 5.74) is 3.15. The Morgan fingerprint density at radius 3 is 2.29 bits per heavy atom. The van der Waals surface area contributed by atoms with Crippen LogP contribution in [0.15, 0.2) is 24.3 Å². The lowest BCUT2D eigenvalue weighted by Gasteiger charge is -2.15. The first kappa shape index (κ1) is 16.6. The molecule has 1 fully saturated rings. The highest BCUT2D eigenvalue weighted by atomic mass is 16.6. The van der Waals surface area contributed by atoms with E-state index in [2.05, 4.69) is 10.4 Å². The second-order valence-corrected chi connectivity index (χ2v) is 5.98. The van der Waals surface area contributed by atoms with Crippen LogP contribution in [0.2, 0.25) is 0 Å². The van der Waals surface area contributed by atoms with Crippen molar-refractivity contribution in [3.63, 3.8) is 0 Å². The van der Waals surface area contributed by atoms with Crippen molar-refractivity contribution in [1.29, 1.82) is 0 Å². The maximum Gasteiger partial charge on any atom is 0.261 e. The van der Waals surface area contributed by atoms with Crippen LogP contribution in [0.25, 0.3) is 0 Å². The number of rotatable bonds is 7. The maximum atomic E-state index is 12.2. The molecule has 3 rings (SSSR count). The second kappa shape index (κ2) is 7.55. The monoisotopic (exact) mass is 331 g/mol. The lowest BCUT2D eigenvalue weighted by Crippen LogP contribution is -2.35. The molecule has 24 heavy (non-hydrogen) atoms. The molecule has 0 radical (unpaired) electrons. The van der Waals surface area contributed by atoms with Gasteiger partial charge in [0.05, 0.1) is 17.7 Å². The van der Waals surface area contributed by atoms with Gasteiger partial charge in [-0.25, -0.2) is 5.48 Å². The summed E-state index contributed by atoms with van der Waals surface area (Å²) in [4.78, 5) is 44.7. The SMILES string of the molecule is O=C(CCN1C(=O)c2ccccc2C1=O)NOCCN1CCCC1. The summed E-state index contributed by atoms with van der Waals surface area (Å²) in [6.45, 7) is 3.43. The van der Waals surface area contributed by atoms with Crippen molar-refractivity contribution in [1.82, 2.24) is 15.3 Å². The number of hydrogen-bond acceptors (Lipinski definition) is 5. The Kier molecular flexibility index (Phi) is 5.22. The molecule has 0 unspecified atom stereocenters. The van der Waals surface area contributed by atoms with Gasteiger partial charge in [0, 0.05) is 19.5 Å². The number of nitrogens with one attached hydrogen (secondary N) is 1. The molecular weight excluding hydrogens is 310 g/mol. The van der Waals surface area contributed by atoms with E-state index < -0.39 is 0 Å². The first-order valence-electron chi connectivity index (χ1n) is 8.25. The van der Waals surface area contributed by atoms with Gasteiger partial charge >= 0.3 is 0 Å². The molecular formula is C17H21N3O4. The summed E-state index contributed by atoms with van der Waals surface area (Å²) in [6, 6.07) is 6.68. The molecule has 1 N–H and O–H groups in total.